The number of rotatable bonds is 25. The average Bonchev–Trinajstić information content (AvgIpc) is 3.66. The predicted octanol–water partition coefficient (Wildman–Crippen LogP) is 15.9. The molecule has 0 fully saturated rings. The van der Waals surface area contributed by atoms with Crippen LogP contribution in [0.5, 0.6) is 0 Å². The quantitative estimate of drug-likeness (QED) is 0.0494. The number of alkyl halides is 2. The Hall–Kier alpha value is -1.76. The van der Waals surface area contributed by atoms with Gasteiger partial charge in [-0.15, -0.1) is 10.2 Å². The Labute approximate surface area is 335 Å². The lowest BCUT2D eigenvalue weighted by molar-refractivity contribution is 0.830. The molecular formula is C46H69Cl2N3P2+2. The average molecular weight is 797 g/mol. The summed E-state index contributed by atoms with van der Waals surface area (Å²) in [4.78, 5) is 0. The molecule has 0 bridgehead atoms. The fourth-order valence-electron chi connectivity index (χ4n) is 7.88. The molecule has 0 aliphatic heterocycles. The smallest absolute Gasteiger partial charge is 0.168 e. The van der Waals surface area contributed by atoms with Gasteiger partial charge < -0.3 is 0 Å². The third-order valence-electron chi connectivity index (χ3n) is 11.3. The summed E-state index contributed by atoms with van der Waals surface area (Å²) in [5.74, 6) is 1.69. The van der Waals surface area contributed by atoms with Gasteiger partial charge in [0.1, 0.15) is 0 Å². The number of nitrogens with zero attached hydrogens (tertiary/aromatic N) is 3. The van der Waals surface area contributed by atoms with Gasteiger partial charge in [-0.3, -0.25) is 4.57 Å². The molecular weight excluding hydrogens is 727 g/mol. The van der Waals surface area contributed by atoms with Gasteiger partial charge in [0.25, 0.3) is 0 Å². The summed E-state index contributed by atoms with van der Waals surface area (Å²) < 4.78 is 2.21. The molecule has 1 aromatic heterocycles. The van der Waals surface area contributed by atoms with E-state index in [9.17, 15) is 0 Å². The molecule has 0 radical (unpaired) electrons. The number of aromatic nitrogens is 3. The van der Waals surface area contributed by atoms with Crippen LogP contribution in [-0.4, -0.2) is 51.7 Å². The van der Waals surface area contributed by atoms with Crippen molar-refractivity contribution >= 4 is 37.7 Å². The molecule has 2 atom stereocenters. The summed E-state index contributed by atoms with van der Waals surface area (Å²) in [6.45, 7) is 13.9. The van der Waals surface area contributed by atoms with Crippen LogP contribution in [0.25, 0.3) is 28.5 Å². The largest absolute Gasteiger partial charge is 0.275 e. The van der Waals surface area contributed by atoms with Gasteiger partial charge in [0, 0.05) is 42.5 Å². The minimum Gasteiger partial charge on any atom is -0.275 e. The number of hydrogen-bond acceptors (Lipinski definition) is 2. The van der Waals surface area contributed by atoms with Gasteiger partial charge >= 0.3 is 0 Å². The molecule has 3 nitrogen and oxygen atoms in total. The van der Waals surface area contributed by atoms with E-state index in [1.54, 1.807) is 0 Å². The van der Waals surface area contributed by atoms with Crippen molar-refractivity contribution in [1.29, 1.82) is 0 Å². The Balaban J connectivity index is 1.71. The van der Waals surface area contributed by atoms with Crippen molar-refractivity contribution in [1.82, 2.24) is 14.8 Å². The Morgan fingerprint density at radius 1 is 0.453 bits per heavy atom. The lowest BCUT2D eigenvalue weighted by Gasteiger charge is -2.32. The van der Waals surface area contributed by atoms with Crippen LogP contribution in [-0.2, 0) is 0 Å². The maximum Gasteiger partial charge on any atom is 0.168 e. The molecule has 0 spiro atoms. The van der Waals surface area contributed by atoms with Gasteiger partial charge in [-0.1, -0.05) is 170 Å². The first-order chi connectivity index (χ1) is 25.8. The van der Waals surface area contributed by atoms with Crippen molar-refractivity contribution in [2.24, 2.45) is 0 Å². The zero-order chi connectivity index (χ0) is 38.1. The molecule has 0 aliphatic rings. The number of para-hydroxylation sites is 1. The van der Waals surface area contributed by atoms with Crippen LogP contribution in [0.15, 0.2) is 78.9 Å². The first kappa shape index (κ1) is 44.0. The molecule has 3 aromatic carbocycles. The van der Waals surface area contributed by atoms with Crippen LogP contribution < -0.4 is 0 Å². The van der Waals surface area contributed by atoms with Crippen molar-refractivity contribution in [3.05, 3.63) is 90.0 Å². The van der Waals surface area contributed by atoms with E-state index >= 15 is 0 Å². The highest BCUT2D eigenvalue weighted by Crippen LogP contribution is 2.73. The third-order valence-corrected chi connectivity index (χ3v) is 24.0. The van der Waals surface area contributed by atoms with Crippen LogP contribution in [0.2, 0.25) is 0 Å². The van der Waals surface area contributed by atoms with E-state index in [0.29, 0.717) is 0 Å². The fourth-order valence-corrected chi connectivity index (χ4v) is 19.9. The van der Waals surface area contributed by atoms with Crippen LogP contribution in [0.1, 0.15) is 140 Å². The number of unbranched alkanes of at least 4 members (excludes halogenated alkanes) is 6. The van der Waals surface area contributed by atoms with Crippen LogP contribution >= 0.6 is 37.7 Å². The van der Waals surface area contributed by atoms with Crippen molar-refractivity contribution in [3.8, 4) is 28.5 Å². The fraction of sp³-hybridized carbons (Fsp3) is 0.565. The summed E-state index contributed by atoms with van der Waals surface area (Å²) in [7, 11) is -2.71. The highest BCUT2D eigenvalue weighted by Gasteiger charge is 2.45. The second-order valence-electron chi connectivity index (χ2n) is 15.3. The van der Waals surface area contributed by atoms with Gasteiger partial charge in [0.15, 0.2) is 21.9 Å². The maximum absolute atomic E-state index is 7.59. The van der Waals surface area contributed by atoms with E-state index in [4.69, 9.17) is 33.4 Å². The Morgan fingerprint density at radius 2 is 0.755 bits per heavy atom. The molecule has 4 aromatic rings. The van der Waals surface area contributed by atoms with Gasteiger partial charge in [-0.05, 0) is 50.7 Å². The second kappa shape index (κ2) is 22.7. The first-order valence-electron chi connectivity index (χ1n) is 21.0. The number of hydrogen-bond donors (Lipinski definition) is 0. The number of benzene rings is 3. The summed E-state index contributed by atoms with van der Waals surface area (Å²) >= 11 is 15.2. The molecule has 1 heterocycles. The monoisotopic (exact) mass is 795 g/mol. The van der Waals surface area contributed by atoms with E-state index in [1.165, 1.54) is 125 Å². The highest BCUT2D eigenvalue weighted by molar-refractivity contribution is 7.77. The first-order valence-corrected chi connectivity index (χ1v) is 26.7. The van der Waals surface area contributed by atoms with Crippen molar-refractivity contribution in [2.75, 3.05) is 37.0 Å². The molecule has 0 saturated heterocycles. The molecule has 2 unspecified atom stereocenters. The summed E-state index contributed by atoms with van der Waals surface area (Å²) in [6, 6.07) is 28.5. The Kier molecular flexibility index (Phi) is 18.8. The van der Waals surface area contributed by atoms with Crippen LogP contribution in [0, 0.1) is 0 Å². The minimum absolute atomic E-state index is 0.0973. The molecule has 0 amide bonds. The van der Waals surface area contributed by atoms with Gasteiger partial charge in [0.2, 0.25) is 0 Å². The van der Waals surface area contributed by atoms with E-state index in [1.807, 2.05) is 0 Å². The standard InChI is InChI=1S/C46H69Cl2N3P2/c1-7-13-32-52(33-14-8-2,34-15-9-3)43(47)38-24-28-40(29-25-38)45-49-50-46(51(45)42-22-20-19-21-23-42)41-30-26-39(27-31-41)44(48)53(35-16-10-4,36-17-11-5)37-18-12-6/h19-31,43-44H,7-18,32-37H2,1-6H3/q+2. The zero-order valence-electron chi connectivity index (χ0n) is 33.9. The number of halogens is 2. The molecule has 0 saturated carbocycles. The molecule has 4 rings (SSSR count). The third kappa shape index (κ3) is 11.4. The topological polar surface area (TPSA) is 30.7 Å². The SMILES string of the molecule is CCCC[P+](CCCC)(CCCC)C(Cl)c1ccc(-c2nnc(-c3ccc(C(Cl)[P+](CCCC)(CCCC)CCCC)cc3)n2-c2ccccc2)cc1. The Morgan fingerprint density at radius 3 is 1.04 bits per heavy atom. The zero-order valence-corrected chi connectivity index (χ0v) is 37.2. The minimum atomic E-state index is -1.35. The normalized spacial score (nSPS) is 13.4. The van der Waals surface area contributed by atoms with E-state index < -0.39 is 14.5 Å². The van der Waals surface area contributed by atoms with Crippen molar-refractivity contribution in [2.45, 2.75) is 129 Å². The lowest BCUT2D eigenvalue weighted by Crippen LogP contribution is -2.14. The Bertz CT molecular complexity index is 1450. The molecule has 7 heteroatoms. The van der Waals surface area contributed by atoms with Crippen molar-refractivity contribution in [3.63, 3.8) is 0 Å². The van der Waals surface area contributed by atoms with Gasteiger partial charge in [0.05, 0.1) is 37.0 Å². The molecule has 0 aliphatic carbocycles. The molecule has 53 heavy (non-hydrogen) atoms. The summed E-state index contributed by atoms with van der Waals surface area (Å²) in [6.07, 6.45) is 22.8. The summed E-state index contributed by atoms with van der Waals surface area (Å²) in [5.41, 5.74) is 5.68. The highest BCUT2D eigenvalue weighted by atomic mass is 35.5. The van der Waals surface area contributed by atoms with E-state index in [0.717, 1.165) is 28.5 Å². The van der Waals surface area contributed by atoms with Crippen molar-refractivity contribution < 1.29 is 0 Å². The van der Waals surface area contributed by atoms with E-state index in [2.05, 4.69) is 125 Å². The van der Waals surface area contributed by atoms with Crippen LogP contribution in [0.3, 0.4) is 0 Å². The van der Waals surface area contributed by atoms with E-state index in [-0.39, 0.29) is 10.2 Å². The van der Waals surface area contributed by atoms with Crippen LogP contribution in [0.4, 0.5) is 0 Å². The predicted molar refractivity (Wildman–Crippen MR) is 242 cm³/mol. The maximum atomic E-state index is 7.59. The summed E-state index contributed by atoms with van der Waals surface area (Å²) in [5, 5.41) is 9.89. The molecule has 0 N–H and O–H groups in total. The van der Waals surface area contributed by atoms with Gasteiger partial charge in [-0.25, -0.2) is 0 Å². The van der Waals surface area contributed by atoms with Gasteiger partial charge in [-0.2, -0.15) is 0 Å². The molecule has 290 valence electrons. The second-order valence-corrected chi connectivity index (χ2v) is 25.4. The lowest BCUT2D eigenvalue weighted by atomic mass is 10.1.